The number of halogens is 4. The van der Waals surface area contributed by atoms with E-state index in [0.29, 0.717) is 84.2 Å². The summed E-state index contributed by atoms with van der Waals surface area (Å²) in [6, 6.07) is 11.8. The lowest BCUT2D eigenvalue weighted by molar-refractivity contribution is -0.152. The van der Waals surface area contributed by atoms with Crippen LogP contribution in [-0.2, 0) is 28.6 Å². The maximum absolute atomic E-state index is 15.3. The van der Waals surface area contributed by atoms with Crippen LogP contribution < -0.4 is 21.2 Å². The molecule has 0 saturated carbocycles. The van der Waals surface area contributed by atoms with Gasteiger partial charge in [0.15, 0.2) is 0 Å². The molecule has 0 N–H and O–H groups in total. The molecular formula is C68H79F4N9O8S4. The third-order valence-corrected chi connectivity index (χ3v) is 21.4. The molecule has 0 unspecified atom stereocenters. The summed E-state index contributed by atoms with van der Waals surface area (Å²) in [7, 11) is 0. The van der Waals surface area contributed by atoms with Gasteiger partial charge in [0.2, 0.25) is 5.91 Å². The number of thioether (sulfide) groups is 2. The second-order valence-corrected chi connectivity index (χ2v) is 27.7. The number of anilines is 2. The number of carbonyl (C=O) groups is 3. The van der Waals surface area contributed by atoms with Gasteiger partial charge in [0, 0.05) is 155 Å². The smallest absolute Gasteiger partial charge is 0.350 e. The molecular weight excluding hydrogens is 1280 g/mol. The van der Waals surface area contributed by atoms with Gasteiger partial charge in [-0.15, -0.1) is 23.5 Å². The van der Waals surface area contributed by atoms with Gasteiger partial charge in [0.05, 0.1) is 48.5 Å². The molecule has 0 spiro atoms. The minimum atomic E-state index is -0.764. The number of benzene rings is 4. The molecule has 8 aliphatic heterocycles. The van der Waals surface area contributed by atoms with Gasteiger partial charge in [-0.1, -0.05) is 33.6 Å². The van der Waals surface area contributed by atoms with Crippen molar-refractivity contribution in [1.82, 2.24) is 33.8 Å². The van der Waals surface area contributed by atoms with Crippen molar-refractivity contribution in [2.24, 2.45) is 11.8 Å². The number of rotatable bonds is 11. The minimum absolute atomic E-state index is 0. The van der Waals surface area contributed by atoms with Crippen LogP contribution in [0.3, 0.4) is 0 Å². The van der Waals surface area contributed by atoms with Crippen molar-refractivity contribution in [3.63, 3.8) is 0 Å². The Morgan fingerprint density at radius 2 is 1.02 bits per heavy atom. The molecule has 6 saturated heterocycles. The van der Waals surface area contributed by atoms with E-state index in [4.69, 9.17) is 19.4 Å². The van der Waals surface area contributed by atoms with E-state index in [1.807, 2.05) is 47.8 Å². The van der Waals surface area contributed by atoms with Gasteiger partial charge in [0.25, 0.3) is 0 Å². The van der Waals surface area contributed by atoms with Crippen molar-refractivity contribution in [1.29, 1.82) is 0 Å². The van der Waals surface area contributed by atoms with Crippen molar-refractivity contribution in [3.8, 4) is 22.3 Å². The quantitative estimate of drug-likeness (QED) is 0.0520. The van der Waals surface area contributed by atoms with E-state index in [1.54, 1.807) is 23.5 Å². The first-order valence-electron chi connectivity index (χ1n) is 31.1. The summed E-state index contributed by atoms with van der Waals surface area (Å²) in [6.07, 6.45) is 6.90. The normalized spacial score (nSPS) is 25.1. The Labute approximate surface area is 560 Å². The monoisotopic (exact) mass is 1350 g/mol. The summed E-state index contributed by atoms with van der Waals surface area (Å²) in [5, 5.41) is 1.77. The minimum Gasteiger partial charge on any atom is -0.387 e. The molecule has 4 aromatic carbocycles. The largest absolute Gasteiger partial charge is 0.387 e. The summed E-state index contributed by atoms with van der Waals surface area (Å²) < 4.78 is 77.5. The van der Waals surface area contributed by atoms with Crippen LogP contribution in [0.4, 0.5) is 29.2 Å². The van der Waals surface area contributed by atoms with Crippen LogP contribution in [0.25, 0.3) is 44.1 Å². The number of aromatic nitrogens is 4. The van der Waals surface area contributed by atoms with Crippen molar-refractivity contribution < 1.29 is 46.2 Å². The topological polar surface area (TPSA) is 165 Å². The van der Waals surface area contributed by atoms with E-state index in [2.05, 4.69) is 64.0 Å². The Kier molecular flexibility index (Phi) is 21.2. The summed E-state index contributed by atoms with van der Waals surface area (Å²) in [6.45, 7) is 29.6. The van der Waals surface area contributed by atoms with E-state index in [-0.39, 0.29) is 80.7 Å². The Morgan fingerprint density at radius 3 is 1.39 bits per heavy atom. The molecule has 25 heteroatoms. The van der Waals surface area contributed by atoms with E-state index in [0.717, 1.165) is 137 Å². The first-order chi connectivity index (χ1) is 43.6. The SMILES string of the molecule is C=CC(=O)N1[C@H](C)CN(c2nc(=O)n3c4c(c(-c5ccc(F)cc5F)c(C)cc24)SC[C@@H]3CN2C[C@@H]3C[C@H]2CO3)C[C@@H]1C.C=CC(=O)OC(=O)C=C.Cc1cc2c(N3C[C@H](C)C[C@H](C)C3)nc(=O)n3c2c(c1-c1ccc(F)cc1F)SC[C@@H]3CN1C[C@@H]2C[C@H]1CO2.S.S. The van der Waals surface area contributed by atoms with Crippen molar-refractivity contribution in [2.75, 3.05) is 86.9 Å². The molecule has 1 amide bonds. The average Bonchev–Trinajstić information content (AvgIpc) is 1.18. The van der Waals surface area contributed by atoms with Gasteiger partial charge >= 0.3 is 23.3 Å². The Morgan fingerprint density at radius 1 is 0.602 bits per heavy atom. The fraction of sp³-hybridized carbons (Fsp3) is 0.456. The predicted molar refractivity (Wildman–Crippen MR) is 367 cm³/mol. The average molecular weight is 1350 g/mol. The van der Waals surface area contributed by atoms with Gasteiger partial charge in [0.1, 0.15) is 34.9 Å². The van der Waals surface area contributed by atoms with Crippen LogP contribution in [0.1, 0.15) is 70.2 Å². The van der Waals surface area contributed by atoms with E-state index in [1.165, 1.54) is 30.3 Å². The van der Waals surface area contributed by atoms with E-state index < -0.39 is 35.2 Å². The van der Waals surface area contributed by atoms with Gasteiger partial charge in [-0.05, 0) is 112 Å². The van der Waals surface area contributed by atoms with Gasteiger partial charge in [-0.2, -0.15) is 37.0 Å². The number of nitrogens with zero attached hydrogens (tertiary/aromatic N) is 9. The maximum Gasteiger partial charge on any atom is 0.350 e. The molecule has 0 aliphatic carbocycles. The highest BCUT2D eigenvalue weighted by Crippen LogP contribution is 2.50. The molecule has 6 fully saturated rings. The summed E-state index contributed by atoms with van der Waals surface area (Å²) in [5.41, 5.74) is 4.80. The van der Waals surface area contributed by atoms with Crippen molar-refractivity contribution in [2.45, 2.75) is 119 Å². The van der Waals surface area contributed by atoms with Gasteiger partial charge in [-0.3, -0.25) is 23.7 Å². The summed E-state index contributed by atoms with van der Waals surface area (Å²) >= 11 is 3.31. The lowest BCUT2D eigenvalue weighted by Crippen LogP contribution is -2.58. The van der Waals surface area contributed by atoms with E-state index in [9.17, 15) is 32.8 Å². The van der Waals surface area contributed by atoms with Crippen LogP contribution in [-0.4, -0.2) is 165 Å². The van der Waals surface area contributed by atoms with Gasteiger partial charge < -0.3 is 28.9 Å². The Bertz CT molecular complexity index is 4040. The number of piperazine rings is 1. The molecule has 0 radical (unpaired) electrons. The highest BCUT2D eigenvalue weighted by molar-refractivity contribution is 8.00. The first kappa shape index (κ1) is 69.4. The molecule has 14 rings (SSSR count). The number of hydrogen-bond acceptors (Lipinski definition) is 16. The molecule has 6 aromatic rings. The Hall–Kier alpha value is -6.45. The number of amides is 1. The Balaban J connectivity index is 0.000000177. The molecule has 496 valence electrons. The molecule has 10 heterocycles. The lowest BCUT2D eigenvalue weighted by atomic mass is 9.91. The van der Waals surface area contributed by atoms with E-state index >= 15 is 8.78 Å². The number of esters is 2. The molecule has 2 aromatic heterocycles. The third kappa shape index (κ3) is 13.6. The summed E-state index contributed by atoms with van der Waals surface area (Å²) in [4.78, 5) is 83.1. The number of aryl methyl sites for hydroxylation is 2. The maximum atomic E-state index is 15.3. The number of fused-ring (bicyclic) bond motifs is 4. The highest BCUT2D eigenvalue weighted by Gasteiger charge is 2.44. The molecule has 93 heavy (non-hydrogen) atoms. The van der Waals surface area contributed by atoms with Crippen molar-refractivity contribution >= 4 is 102 Å². The van der Waals surface area contributed by atoms with Crippen LogP contribution in [0.15, 0.2) is 106 Å². The second-order valence-electron chi connectivity index (χ2n) is 25.6. The fourth-order valence-electron chi connectivity index (χ4n) is 15.2. The van der Waals surface area contributed by atoms with Crippen LogP contribution in [0.5, 0.6) is 0 Å². The fourth-order valence-corrected chi connectivity index (χ4v) is 18.0. The zero-order valence-electron chi connectivity index (χ0n) is 53.0. The van der Waals surface area contributed by atoms with Crippen molar-refractivity contribution in [3.05, 3.63) is 142 Å². The number of hydrogen-bond donors (Lipinski definition) is 0. The molecule has 8 aliphatic rings. The standard InChI is InChI=1S/C32H35F2N5O3S.C30H34F2N4O2S.C6H6O3.2H2S/c1-5-27(40)38-18(3)11-37(12-19(38)4)31-25-8-17(2)28(24-7-6-20(33)9-26(24)34)30-29(25)39(32(41)35-31)22(16-43-30)13-36-14-23-10-21(36)15-42-23;1-16-6-17(2)11-35(10-16)29-24-7-18(3)26(23-5-4-19(31)8-25(23)32)28-27(24)36(30(37)33-29)21(15-39-28)12-34-13-22-9-20(34)14-38-22;1-3-5(7)9-6(8)4-2;;/h5-9,18-19,21-23H,1,10-16H2,2-4H3;4-5,7-8,16-17,20-22H,6,9-15H2,1-3H3;3-4H,1-2H2;2*1H2/t18-,19+,21-,22-,23-;16-,17+,20-,21-,22-;;;/m00.../s1. The predicted octanol–water partition coefficient (Wildman–Crippen LogP) is 10.3. The first-order valence-corrected chi connectivity index (χ1v) is 33.1. The van der Waals surface area contributed by atoms with Gasteiger partial charge in [-0.25, -0.2) is 36.7 Å². The lowest BCUT2D eigenvalue weighted by Gasteiger charge is -2.45. The number of likely N-dealkylation sites (tertiary alicyclic amines) is 2. The third-order valence-electron chi connectivity index (χ3n) is 18.9. The molecule has 17 nitrogen and oxygen atoms in total. The van der Waals surface area contributed by atoms with Crippen LogP contribution in [0, 0.1) is 49.0 Å². The number of morpholine rings is 2. The molecule has 10 atom stereocenters. The zero-order valence-corrected chi connectivity index (χ0v) is 56.6. The number of piperidine rings is 1. The highest BCUT2D eigenvalue weighted by atomic mass is 32.2. The van der Waals surface area contributed by atoms with Crippen LogP contribution in [0.2, 0.25) is 0 Å². The summed E-state index contributed by atoms with van der Waals surface area (Å²) in [5.74, 6) is -0.472. The van der Waals surface area contributed by atoms with Crippen LogP contribution >= 0.6 is 50.5 Å². The zero-order chi connectivity index (χ0) is 64.4. The second kappa shape index (κ2) is 28.5. The number of ether oxygens (including phenoxy) is 3. The molecule has 4 bridgehead atoms. The number of carbonyl (C=O) groups excluding carboxylic acids is 3.